The molecule has 0 saturated heterocycles. The second-order valence-corrected chi connectivity index (χ2v) is 4.92. The minimum Gasteiger partial charge on any atom is -0.462 e. The van der Waals surface area contributed by atoms with E-state index in [0.717, 1.165) is 12.0 Å². The van der Waals surface area contributed by atoms with Crippen LogP contribution in [0.15, 0.2) is 48.5 Å². The minimum atomic E-state index is -0.429. The number of rotatable bonds is 5. The zero-order valence-electron chi connectivity index (χ0n) is 12.7. The van der Waals surface area contributed by atoms with E-state index in [1.165, 1.54) is 0 Å². The Morgan fingerprint density at radius 2 is 1.41 bits per heavy atom. The first kappa shape index (κ1) is 15.8. The van der Waals surface area contributed by atoms with Crippen LogP contribution in [0.3, 0.4) is 0 Å². The fourth-order valence-electron chi connectivity index (χ4n) is 1.79. The number of aryl methyl sites for hydroxylation is 1. The summed E-state index contributed by atoms with van der Waals surface area (Å²) in [7, 11) is 0. The van der Waals surface area contributed by atoms with Crippen LogP contribution in [-0.4, -0.2) is 18.5 Å². The Morgan fingerprint density at radius 3 is 2.00 bits per heavy atom. The van der Waals surface area contributed by atoms with Crippen LogP contribution >= 0.6 is 0 Å². The zero-order valence-corrected chi connectivity index (χ0v) is 12.7. The monoisotopic (exact) mass is 298 g/mol. The van der Waals surface area contributed by atoms with Crippen molar-refractivity contribution in [2.45, 2.75) is 20.3 Å². The molecule has 0 aliphatic rings. The van der Waals surface area contributed by atoms with Gasteiger partial charge in [-0.3, -0.25) is 0 Å². The Bertz CT molecular complexity index is 642. The Kier molecular flexibility index (Phi) is 5.31. The second kappa shape index (κ2) is 7.41. The SMILES string of the molecule is CCCOC(=O)c1ccc(OC(=O)c2ccc(C)cc2)cc1. The fourth-order valence-corrected chi connectivity index (χ4v) is 1.79. The molecule has 0 saturated carbocycles. The summed E-state index contributed by atoms with van der Waals surface area (Å²) in [6.07, 6.45) is 0.776. The van der Waals surface area contributed by atoms with Gasteiger partial charge in [-0.15, -0.1) is 0 Å². The normalized spacial score (nSPS) is 10.1. The van der Waals surface area contributed by atoms with E-state index in [1.54, 1.807) is 36.4 Å². The molecule has 0 spiro atoms. The molecule has 0 aliphatic heterocycles. The molecule has 2 rings (SSSR count). The van der Waals surface area contributed by atoms with Crippen LogP contribution in [0.1, 0.15) is 39.6 Å². The van der Waals surface area contributed by atoms with E-state index in [9.17, 15) is 9.59 Å². The summed E-state index contributed by atoms with van der Waals surface area (Å²) >= 11 is 0. The molecular weight excluding hydrogens is 280 g/mol. The molecule has 0 amide bonds. The van der Waals surface area contributed by atoms with Crippen LogP contribution in [-0.2, 0) is 4.74 Å². The summed E-state index contributed by atoms with van der Waals surface area (Å²) in [5, 5.41) is 0. The van der Waals surface area contributed by atoms with Crippen molar-refractivity contribution in [2.24, 2.45) is 0 Å². The van der Waals surface area contributed by atoms with Gasteiger partial charge in [0.15, 0.2) is 0 Å². The van der Waals surface area contributed by atoms with Gasteiger partial charge < -0.3 is 9.47 Å². The van der Waals surface area contributed by atoms with Crippen molar-refractivity contribution in [1.82, 2.24) is 0 Å². The predicted octanol–water partition coefficient (Wildman–Crippen LogP) is 3.78. The van der Waals surface area contributed by atoms with Crippen LogP contribution in [0, 0.1) is 6.92 Å². The first-order chi connectivity index (χ1) is 10.6. The van der Waals surface area contributed by atoms with Crippen molar-refractivity contribution in [3.8, 4) is 5.75 Å². The molecular formula is C18H18O4. The highest BCUT2D eigenvalue weighted by molar-refractivity contribution is 5.92. The lowest BCUT2D eigenvalue weighted by atomic mass is 10.1. The van der Waals surface area contributed by atoms with Crippen molar-refractivity contribution in [2.75, 3.05) is 6.61 Å². The van der Waals surface area contributed by atoms with Crippen molar-refractivity contribution >= 4 is 11.9 Å². The lowest BCUT2D eigenvalue weighted by Gasteiger charge is -2.06. The number of hydrogen-bond acceptors (Lipinski definition) is 4. The van der Waals surface area contributed by atoms with E-state index in [1.807, 2.05) is 26.0 Å². The molecule has 0 unspecified atom stereocenters. The number of carbonyl (C=O) groups excluding carboxylic acids is 2. The molecule has 4 nitrogen and oxygen atoms in total. The van der Waals surface area contributed by atoms with Gasteiger partial charge in [-0.05, 0) is 49.7 Å². The van der Waals surface area contributed by atoms with Crippen molar-refractivity contribution in [1.29, 1.82) is 0 Å². The average molecular weight is 298 g/mol. The molecule has 0 atom stereocenters. The highest BCUT2D eigenvalue weighted by atomic mass is 16.5. The maximum absolute atomic E-state index is 12.0. The highest BCUT2D eigenvalue weighted by Gasteiger charge is 2.10. The van der Waals surface area contributed by atoms with Gasteiger partial charge >= 0.3 is 11.9 Å². The van der Waals surface area contributed by atoms with Gasteiger partial charge in [0.2, 0.25) is 0 Å². The first-order valence-corrected chi connectivity index (χ1v) is 7.16. The van der Waals surface area contributed by atoms with Crippen molar-refractivity contribution in [3.63, 3.8) is 0 Å². The van der Waals surface area contributed by atoms with E-state index >= 15 is 0 Å². The predicted molar refractivity (Wildman–Crippen MR) is 83.2 cm³/mol. The van der Waals surface area contributed by atoms with Crippen LogP contribution < -0.4 is 4.74 Å². The largest absolute Gasteiger partial charge is 0.462 e. The van der Waals surface area contributed by atoms with Gasteiger partial charge in [-0.1, -0.05) is 24.6 Å². The third kappa shape index (κ3) is 4.19. The Hall–Kier alpha value is -2.62. The maximum atomic E-state index is 12.0. The molecule has 4 heteroatoms. The lowest BCUT2D eigenvalue weighted by Crippen LogP contribution is -2.09. The van der Waals surface area contributed by atoms with Crippen LogP contribution in [0.5, 0.6) is 5.75 Å². The number of esters is 2. The van der Waals surface area contributed by atoms with Crippen LogP contribution in [0.25, 0.3) is 0 Å². The molecule has 0 aromatic heterocycles. The van der Waals surface area contributed by atoms with Gasteiger partial charge in [-0.25, -0.2) is 9.59 Å². The van der Waals surface area contributed by atoms with Gasteiger partial charge in [-0.2, -0.15) is 0 Å². The van der Waals surface area contributed by atoms with E-state index in [4.69, 9.17) is 9.47 Å². The second-order valence-electron chi connectivity index (χ2n) is 4.92. The summed E-state index contributed by atoms with van der Waals surface area (Å²) in [5.41, 5.74) is 1.99. The lowest BCUT2D eigenvalue weighted by molar-refractivity contribution is 0.0505. The first-order valence-electron chi connectivity index (χ1n) is 7.16. The van der Waals surface area contributed by atoms with E-state index in [0.29, 0.717) is 23.5 Å². The topological polar surface area (TPSA) is 52.6 Å². The Labute approximate surface area is 129 Å². The molecule has 0 radical (unpaired) electrons. The van der Waals surface area contributed by atoms with Gasteiger partial charge in [0.05, 0.1) is 17.7 Å². The molecule has 2 aromatic rings. The molecule has 22 heavy (non-hydrogen) atoms. The highest BCUT2D eigenvalue weighted by Crippen LogP contribution is 2.15. The number of carbonyl (C=O) groups is 2. The van der Waals surface area contributed by atoms with Gasteiger partial charge in [0.1, 0.15) is 5.75 Å². The quantitative estimate of drug-likeness (QED) is 0.622. The Balaban J connectivity index is 2.00. The number of benzene rings is 2. The van der Waals surface area contributed by atoms with E-state index < -0.39 is 5.97 Å². The smallest absolute Gasteiger partial charge is 0.343 e. The maximum Gasteiger partial charge on any atom is 0.343 e. The van der Waals surface area contributed by atoms with Gasteiger partial charge in [0, 0.05) is 0 Å². The molecule has 2 aromatic carbocycles. The Morgan fingerprint density at radius 1 is 0.864 bits per heavy atom. The molecule has 0 aliphatic carbocycles. The standard InChI is InChI=1S/C18H18O4/c1-3-12-21-17(19)14-8-10-16(11-9-14)22-18(20)15-6-4-13(2)5-7-15/h4-11H,3,12H2,1-2H3. The molecule has 114 valence electrons. The molecule has 0 heterocycles. The average Bonchev–Trinajstić information content (AvgIpc) is 2.54. The molecule has 0 N–H and O–H groups in total. The summed E-state index contributed by atoms with van der Waals surface area (Å²) in [4.78, 5) is 23.6. The van der Waals surface area contributed by atoms with E-state index in [-0.39, 0.29) is 5.97 Å². The van der Waals surface area contributed by atoms with Crippen LogP contribution in [0.2, 0.25) is 0 Å². The van der Waals surface area contributed by atoms with E-state index in [2.05, 4.69) is 0 Å². The molecule has 0 bridgehead atoms. The van der Waals surface area contributed by atoms with Crippen molar-refractivity contribution < 1.29 is 19.1 Å². The zero-order chi connectivity index (χ0) is 15.9. The molecule has 0 fully saturated rings. The number of hydrogen-bond donors (Lipinski definition) is 0. The fraction of sp³-hybridized carbons (Fsp3) is 0.222. The van der Waals surface area contributed by atoms with Gasteiger partial charge in [0.25, 0.3) is 0 Å². The van der Waals surface area contributed by atoms with Crippen LogP contribution in [0.4, 0.5) is 0 Å². The third-order valence-electron chi connectivity index (χ3n) is 3.03. The van der Waals surface area contributed by atoms with Crippen molar-refractivity contribution in [3.05, 3.63) is 65.2 Å². The summed E-state index contributed by atoms with van der Waals surface area (Å²) in [6, 6.07) is 13.4. The summed E-state index contributed by atoms with van der Waals surface area (Å²) in [5.74, 6) is -0.419. The summed E-state index contributed by atoms with van der Waals surface area (Å²) < 4.78 is 10.3. The number of ether oxygens (including phenoxy) is 2. The summed E-state index contributed by atoms with van der Waals surface area (Å²) in [6.45, 7) is 4.27. The third-order valence-corrected chi connectivity index (χ3v) is 3.03. The minimum absolute atomic E-state index is 0.377.